The zero-order valence-corrected chi connectivity index (χ0v) is 22.1. The number of ketones is 1. The van der Waals surface area contributed by atoms with Gasteiger partial charge in [0.05, 0.1) is 6.04 Å². The van der Waals surface area contributed by atoms with Gasteiger partial charge in [0.15, 0.2) is 23.2 Å². The van der Waals surface area contributed by atoms with Crippen molar-refractivity contribution in [2.45, 2.75) is 45.7 Å². The SMILES string of the molecule is Cc1nc(N[C@H]2CCN(C(=O)c3cc(F)c(F)c(F)c3)C2)cc2c1CC(=O)[C@H](C(C)C)N2C.S.S. The summed E-state index contributed by atoms with van der Waals surface area (Å²) in [7, 11) is 1.92. The maximum atomic E-state index is 13.5. The number of likely N-dealkylation sites (tertiary alicyclic amines) is 1. The van der Waals surface area contributed by atoms with E-state index in [2.05, 4.69) is 10.3 Å². The summed E-state index contributed by atoms with van der Waals surface area (Å²) < 4.78 is 40.3. The Bertz CT molecular complexity index is 1110. The largest absolute Gasteiger partial charge is 0.365 e. The molecular formula is C24H31F3N4O2S2. The maximum Gasteiger partial charge on any atom is 0.254 e. The molecule has 11 heteroatoms. The van der Waals surface area contributed by atoms with E-state index in [0.29, 0.717) is 31.7 Å². The third-order valence-electron chi connectivity index (χ3n) is 6.48. The molecule has 0 saturated carbocycles. The van der Waals surface area contributed by atoms with Crippen molar-refractivity contribution in [2.24, 2.45) is 5.92 Å². The quantitative estimate of drug-likeness (QED) is 0.609. The number of benzene rings is 1. The number of anilines is 2. The van der Waals surface area contributed by atoms with E-state index in [1.807, 2.05) is 38.8 Å². The highest BCUT2D eigenvalue weighted by molar-refractivity contribution is 7.59. The van der Waals surface area contributed by atoms with Crippen LogP contribution in [0.5, 0.6) is 0 Å². The number of hydrogen-bond acceptors (Lipinski definition) is 5. The number of amides is 1. The average molecular weight is 529 g/mol. The predicted molar refractivity (Wildman–Crippen MR) is 140 cm³/mol. The van der Waals surface area contributed by atoms with E-state index in [1.54, 1.807) is 0 Å². The van der Waals surface area contributed by atoms with Gasteiger partial charge in [-0.15, -0.1) is 0 Å². The first-order valence-electron chi connectivity index (χ1n) is 11.0. The monoisotopic (exact) mass is 528 g/mol. The second-order valence-electron chi connectivity index (χ2n) is 9.17. The Morgan fingerprint density at radius 1 is 1.14 bits per heavy atom. The lowest BCUT2D eigenvalue weighted by atomic mass is 9.88. The van der Waals surface area contributed by atoms with E-state index in [1.165, 1.54) is 4.90 Å². The maximum absolute atomic E-state index is 13.5. The van der Waals surface area contributed by atoms with Crippen LogP contribution in [0.15, 0.2) is 18.2 Å². The van der Waals surface area contributed by atoms with Crippen LogP contribution in [0.2, 0.25) is 0 Å². The van der Waals surface area contributed by atoms with Gasteiger partial charge in [-0.2, -0.15) is 27.0 Å². The van der Waals surface area contributed by atoms with Crippen molar-refractivity contribution in [3.8, 4) is 0 Å². The number of pyridine rings is 1. The molecule has 2 atom stereocenters. The Labute approximate surface area is 217 Å². The van der Waals surface area contributed by atoms with Crippen molar-refractivity contribution < 1.29 is 22.8 Å². The lowest BCUT2D eigenvalue weighted by Gasteiger charge is -2.38. The van der Waals surface area contributed by atoms with Crippen LogP contribution in [0.4, 0.5) is 24.7 Å². The predicted octanol–water partition coefficient (Wildman–Crippen LogP) is 3.95. The van der Waals surface area contributed by atoms with Crippen LogP contribution in [0.3, 0.4) is 0 Å². The van der Waals surface area contributed by atoms with E-state index in [0.717, 1.165) is 29.1 Å². The number of nitrogens with zero attached hydrogens (tertiary/aromatic N) is 3. The molecular weight excluding hydrogens is 497 g/mol. The Kier molecular flexibility index (Phi) is 9.16. The van der Waals surface area contributed by atoms with Crippen LogP contribution >= 0.6 is 27.0 Å². The third kappa shape index (κ3) is 5.55. The Hall–Kier alpha value is -2.40. The van der Waals surface area contributed by atoms with Gasteiger partial charge in [0.25, 0.3) is 5.91 Å². The molecule has 3 heterocycles. The number of halogens is 3. The molecule has 1 aromatic heterocycles. The highest BCUT2D eigenvalue weighted by Gasteiger charge is 2.35. The van der Waals surface area contributed by atoms with Crippen LogP contribution in [0.1, 0.15) is 41.9 Å². The fraction of sp³-hybridized carbons (Fsp3) is 0.458. The van der Waals surface area contributed by atoms with Gasteiger partial charge in [0.2, 0.25) is 0 Å². The van der Waals surface area contributed by atoms with E-state index < -0.39 is 23.4 Å². The number of rotatable bonds is 4. The van der Waals surface area contributed by atoms with Gasteiger partial charge in [-0.25, -0.2) is 18.2 Å². The van der Waals surface area contributed by atoms with Crippen molar-refractivity contribution >= 4 is 50.2 Å². The van der Waals surface area contributed by atoms with E-state index in [9.17, 15) is 22.8 Å². The summed E-state index contributed by atoms with van der Waals surface area (Å²) in [5.41, 5.74) is 2.45. The number of nitrogens with one attached hydrogen (secondary N) is 1. The number of fused-ring (bicyclic) bond motifs is 1. The molecule has 1 amide bonds. The average Bonchev–Trinajstić information content (AvgIpc) is 3.20. The zero-order valence-electron chi connectivity index (χ0n) is 20.1. The molecule has 0 radical (unpaired) electrons. The second kappa shape index (κ2) is 11.1. The number of carbonyl (C=O) groups excluding carboxylic acids is 2. The standard InChI is InChI=1S/C24H27F3N4O2.2H2S/c1-12(2)23-20(32)9-16-13(3)28-21(10-19(16)30(23)4)29-15-5-6-31(11-15)24(33)14-7-17(25)22(27)18(26)8-14;;/h7-8,10,12,15,23H,5-6,9,11H2,1-4H3,(H,28,29);2*1H2/t15-,23-;;/m0../s1. The molecule has 6 nitrogen and oxygen atoms in total. The summed E-state index contributed by atoms with van der Waals surface area (Å²) in [4.78, 5) is 33.4. The van der Waals surface area contributed by atoms with Gasteiger partial charge in [-0.1, -0.05) is 13.8 Å². The minimum atomic E-state index is -1.59. The second-order valence-corrected chi connectivity index (χ2v) is 9.17. The first kappa shape index (κ1) is 28.8. The van der Waals surface area contributed by atoms with Crippen LogP contribution in [0.25, 0.3) is 0 Å². The minimum absolute atomic E-state index is 0. The van der Waals surface area contributed by atoms with Gasteiger partial charge in [0, 0.05) is 61.2 Å². The summed E-state index contributed by atoms with van der Waals surface area (Å²) >= 11 is 0. The van der Waals surface area contributed by atoms with Crippen molar-refractivity contribution in [2.75, 3.05) is 30.4 Å². The number of hydrogen-bond donors (Lipinski definition) is 1. The molecule has 0 aliphatic carbocycles. The highest BCUT2D eigenvalue weighted by atomic mass is 32.1. The summed E-state index contributed by atoms with van der Waals surface area (Å²) in [5.74, 6) is -3.91. The topological polar surface area (TPSA) is 65.5 Å². The number of likely N-dealkylation sites (N-methyl/N-ethyl adjacent to an activating group) is 1. The molecule has 0 bridgehead atoms. The van der Waals surface area contributed by atoms with E-state index in [-0.39, 0.29) is 56.3 Å². The highest BCUT2D eigenvalue weighted by Crippen LogP contribution is 2.34. The van der Waals surface area contributed by atoms with Crippen molar-refractivity contribution in [1.82, 2.24) is 9.88 Å². The first-order chi connectivity index (χ1) is 15.6. The molecule has 4 rings (SSSR count). The molecule has 1 N–H and O–H groups in total. The smallest absolute Gasteiger partial charge is 0.254 e. The fourth-order valence-electron chi connectivity index (χ4n) is 4.89. The fourth-order valence-corrected chi connectivity index (χ4v) is 4.89. The van der Waals surface area contributed by atoms with E-state index >= 15 is 0 Å². The Morgan fingerprint density at radius 2 is 1.77 bits per heavy atom. The Balaban J connectivity index is 0.00000216. The summed E-state index contributed by atoms with van der Waals surface area (Å²) in [6.07, 6.45) is 0.983. The molecule has 35 heavy (non-hydrogen) atoms. The molecule has 0 unspecified atom stereocenters. The lowest BCUT2D eigenvalue weighted by molar-refractivity contribution is -0.120. The number of Topliss-reactive ketones (excluding diaryl/α,β-unsaturated/α-hetero) is 1. The first-order valence-corrected chi connectivity index (χ1v) is 11.0. The van der Waals surface area contributed by atoms with Gasteiger partial charge in [-0.3, -0.25) is 9.59 Å². The van der Waals surface area contributed by atoms with Crippen LogP contribution < -0.4 is 10.2 Å². The zero-order chi connectivity index (χ0) is 24.0. The molecule has 0 spiro atoms. The van der Waals surface area contributed by atoms with Crippen molar-refractivity contribution in [3.05, 3.63) is 52.5 Å². The number of aromatic nitrogens is 1. The number of carbonyl (C=O) groups is 2. The van der Waals surface area contributed by atoms with Crippen molar-refractivity contribution in [1.29, 1.82) is 0 Å². The molecule has 2 aliphatic rings. The van der Waals surface area contributed by atoms with Crippen LogP contribution in [-0.4, -0.2) is 53.8 Å². The van der Waals surface area contributed by atoms with E-state index in [4.69, 9.17) is 0 Å². The molecule has 2 aliphatic heterocycles. The normalized spacial score (nSPS) is 19.3. The van der Waals surface area contributed by atoms with Crippen LogP contribution in [0, 0.1) is 30.3 Å². The van der Waals surface area contributed by atoms with Gasteiger partial charge in [0.1, 0.15) is 5.82 Å². The summed E-state index contributed by atoms with van der Waals surface area (Å²) in [6.45, 7) is 6.65. The molecule has 1 fully saturated rings. The van der Waals surface area contributed by atoms with Crippen LogP contribution in [-0.2, 0) is 11.2 Å². The van der Waals surface area contributed by atoms with Gasteiger partial charge >= 0.3 is 0 Å². The lowest BCUT2D eigenvalue weighted by Crippen LogP contribution is -2.47. The Morgan fingerprint density at radius 3 is 2.37 bits per heavy atom. The molecule has 2 aromatic rings. The molecule has 192 valence electrons. The third-order valence-corrected chi connectivity index (χ3v) is 6.48. The van der Waals surface area contributed by atoms with Gasteiger partial charge in [-0.05, 0) is 31.4 Å². The van der Waals surface area contributed by atoms with Crippen molar-refractivity contribution in [3.63, 3.8) is 0 Å². The minimum Gasteiger partial charge on any atom is -0.365 e. The molecule has 1 saturated heterocycles. The van der Waals surface area contributed by atoms with Gasteiger partial charge < -0.3 is 15.1 Å². The number of aryl methyl sites for hydroxylation is 1. The summed E-state index contributed by atoms with van der Waals surface area (Å²) in [6, 6.07) is 3.07. The summed E-state index contributed by atoms with van der Waals surface area (Å²) in [5, 5.41) is 3.35. The molecule has 1 aromatic carbocycles.